The first-order chi connectivity index (χ1) is 11.4. The molecular formula is C21H15NO. The Kier molecular flexibility index (Phi) is 2.45. The fraction of sp³-hybridized carbons (Fsp3) is 0.0476. The minimum Gasteiger partial charge on any atom is -0.497 e. The highest BCUT2D eigenvalue weighted by molar-refractivity contribution is 6.15. The van der Waals surface area contributed by atoms with Crippen molar-refractivity contribution in [3.05, 3.63) is 72.8 Å². The molecule has 0 spiro atoms. The van der Waals surface area contributed by atoms with Crippen LogP contribution >= 0.6 is 0 Å². The number of aromatic nitrogens is 1. The molecule has 0 unspecified atom stereocenters. The van der Waals surface area contributed by atoms with Crippen molar-refractivity contribution in [1.29, 1.82) is 0 Å². The Morgan fingerprint density at radius 1 is 0.652 bits per heavy atom. The number of benzene rings is 3. The number of rotatable bonds is 1. The molecule has 3 aromatic carbocycles. The summed E-state index contributed by atoms with van der Waals surface area (Å²) in [5, 5.41) is 5.01. The first-order valence-electron chi connectivity index (χ1n) is 7.75. The minimum atomic E-state index is 0.887. The Morgan fingerprint density at radius 3 is 2.30 bits per heavy atom. The molecule has 2 nitrogen and oxygen atoms in total. The zero-order chi connectivity index (χ0) is 15.4. The fourth-order valence-electron chi connectivity index (χ4n) is 3.61. The number of methoxy groups -OCH3 is 1. The molecule has 110 valence electrons. The largest absolute Gasteiger partial charge is 0.497 e. The molecule has 0 radical (unpaired) electrons. The highest BCUT2D eigenvalue weighted by Crippen LogP contribution is 2.35. The zero-order valence-corrected chi connectivity index (χ0v) is 12.8. The van der Waals surface area contributed by atoms with E-state index in [0.717, 1.165) is 5.75 Å². The summed E-state index contributed by atoms with van der Waals surface area (Å²) in [5.41, 5.74) is 3.70. The summed E-state index contributed by atoms with van der Waals surface area (Å²) < 4.78 is 7.80. The SMILES string of the molecule is COc1ccc2c(c1)c1ccccc1c1cc3ccccc3n21. The van der Waals surface area contributed by atoms with Gasteiger partial charge < -0.3 is 9.14 Å². The Hall–Kier alpha value is -3.00. The standard InChI is InChI=1S/C21H15NO/c1-23-15-10-11-20-18(13-15)16-7-3-4-8-17(16)21-12-14-6-2-5-9-19(14)22(20)21/h2-13H,1H3. The molecule has 0 aliphatic carbocycles. The highest BCUT2D eigenvalue weighted by atomic mass is 16.5. The van der Waals surface area contributed by atoms with Gasteiger partial charge in [-0.05, 0) is 35.7 Å². The van der Waals surface area contributed by atoms with Crippen LogP contribution in [0.2, 0.25) is 0 Å². The molecule has 0 amide bonds. The van der Waals surface area contributed by atoms with Crippen molar-refractivity contribution in [2.75, 3.05) is 7.11 Å². The maximum Gasteiger partial charge on any atom is 0.119 e. The van der Waals surface area contributed by atoms with Crippen LogP contribution in [0, 0.1) is 0 Å². The Labute approximate surface area is 133 Å². The second-order valence-corrected chi connectivity index (χ2v) is 5.85. The Balaban J connectivity index is 2.16. The molecule has 2 heterocycles. The van der Waals surface area contributed by atoms with E-state index >= 15 is 0 Å². The van der Waals surface area contributed by atoms with E-state index in [1.807, 2.05) is 6.07 Å². The van der Waals surface area contributed by atoms with Crippen LogP contribution in [0.4, 0.5) is 0 Å². The second-order valence-electron chi connectivity index (χ2n) is 5.85. The molecule has 2 heteroatoms. The zero-order valence-electron chi connectivity index (χ0n) is 12.8. The van der Waals surface area contributed by atoms with E-state index in [-0.39, 0.29) is 0 Å². The van der Waals surface area contributed by atoms with E-state index in [1.54, 1.807) is 7.11 Å². The molecule has 0 aliphatic heterocycles. The number of hydrogen-bond donors (Lipinski definition) is 0. The quantitative estimate of drug-likeness (QED) is 0.377. The van der Waals surface area contributed by atoms with Crippen LogP contribution in [0.15, 0.2) is 72.8 Å². The average molecular weight is 297 g/mol. The minimum absolute atomic E-state index is 0.887. The summed E-state index contributed by atoms with van der Waals surface area (Å²) >= 11 is 0. The third-order valence-electron chi connectivity index (χ3n) is 4.65. The van der Waals surface area contributed by atoms with Crippen molar-refractivity contribution in [3.63, 3.8) is 0 Å². The maximum atomic E-state index is 5.44. The number of para-hydroxylation sites is 1. The summed E-state index contributed by atoms with van der Waals surface area (Å²) in [7, 11) is 1.72. The molecule has 0 saturated carbocycles. The van der Waals surface area contributed by atoms with Gasteiger partial charge in [0.05, 0.1) is 23.7 Å². The molecule has 0 saturated heterocycles. The van der Waals surface area contributed by atoms with Crippen LogP contribution in [0.5, 0.6) is 5.75 Å². The topological polar surface area (TPSA) is 13.6 Å². The van der Waals surface area contributed by atoms with Gasteiger partial charge >= 0.3 is 0 Å². The second kappa shape index (κ2) is 4.50. The first-order valence-corrected chi connectivity index (χ1v) is 7.75. The van der Waals surface area contributed by atoms with Crippen LogP contribution in [-0.2, 0) is 0 Å². The lowest BCUT2D eigenvalue weighted by molar-refractivity contribution is 0.415. The number of hydrogen-bond acceptors (Lipinski definition) is 1. The monoisotopic (exact) mass is 297 g/mol. The van der Waals surface area contributed by atoms with Gasteiger partial charge in [-0.2, -0.15) is 0 Å². The first kappa shape index (κ1) is 12.5. The lowest BCUT2D eigenvalue weighted by atomic mass is 10.0. The third kappa shape index (κ3) is 1.63. The molecule has 5 rings (SSSR count). The summed E-state index contributed by atoms with van der Waals surface area (Å²) in [6.07, 6.45) is 0. The van der Waals surface area contributed by atoms with Crippen molar-refractivity contribution < 1.29 is 4.74 Å². The molecule has 0 fully saturated rings. The van der Waals surface area contributed by atoms with Gasteiger partial charge in [-0.3, -0.25) is 0 Å². The van der Waals surface area contributed by atoms with Crippen molar-refractivity contribution >= 4 is 38.1 Å². The van der Waals surface area contributed by atoms with Crippen molar-refractivity contribution in [2.24, 2.45) is 0 Å². The van der Waals surface area contributed by atoms with Crippen LogP contribution in [-0.4, -0.2) is 11.5 Å². The van der Waals surface area contributed by atoms with Crippen molar-refractivity contribution in [1.82, 2.24) is 4.40 Å². The highest BCUT2D eigenvalue weighted by Gasteiger charge is 2.12. The fourth-order valence-corrected chi connectivity index (χ4v) is 3.61. The summed E-state index contributed by atoms with van der Waals surface area (Å²) in [6.45, 7) is 0. The summed E-state index contributed by atoms with van der Waals surface area (Å²) in [6, 6.07) is 25.7. The number of pyridine rings is 1. The van der Waals surface area contributed by atoms with Crippen LogP contribution in [0.25, 0.3) is 38.1 Å². The smallest absolute Gasteiger partial charge is 0.119 e. The molecular weight excluding hydrogens is 282 g/mol. The maximum absolute atomic E-state index is 5.44. The molecule has 23 heavy (non-hydrogen) atoms. The van der Waals surface area contributed by atoms with Crippen LogP contribution in [0.3, 0.4) is 0 Å². The summed E-state index contributed by atoms with van der Waals surface area (Å²) in [4.78, 5) is 0. The van der Waals surface area contributed by atoms with Crippen LogP contribution < -0.4 is 4.74 Å². The van der Waals surface area contributed by atoms with E-state index in [2.05, 4.69) is 71.1 Å². The average Bonchev–Trinajstić information content (AvgIpc) is 3.01. The molecule has 0 N–H and O–H groups in total. The van der Waals surface area contributed by atoms with Gasteiger partial charge in [0.1, 0.15) is 5.75 Å². The summed E-state index contributed by atoms with van der Waals surface area (Å²) in [5.74, 6) is 0.887. The number of ether oxygens (including phenoxy) is 1. The van der Waals surface area contributed by atoms with E-state index in [1.165, 1.54) is 38.1 Å². The molecule has 0 bridgehead atoms. The Morgan fingerprint density at radius 2 is 1.43 bits per heavy atom. The predicted octanol–water partition coefficient (Wildman–Crippen LogP) is 5.41. The predicted molar refractivity (Wildman–Crippen MR) is 96.5 cm³/mol. The van der Waals surface area contributed by atoms with E-state index < -0.39 is 0 Å². The van der Waals surface area contributed by atoms with Gasteiger partial charge in [0.15, 0.2) is 0 Å². The molecule has 0 aliphatic rings. The van der Waals surface area contributed by atoms with Gasteiger partial charge in [-0.15, -0.1) is 0 Å². The van der Waals surface area contributed by atoms with E-state index in [9.17, 15) is 0 Å². The van der Waals surface area contributed by atoms with E-state index in [0.29, 0.717) is 0 Å². The number of nitrogens with zero attached hydrogens (tertiary/aromatic N) is 1. The lowest BCUT2D eigenvalue weighted by Crippen LogP contribution is -1.91. The van der Waals surface area contributed by atoms with Crippen molar-refractivity contribution in [3.8, 4) is 5.75 Å². The van der Waals surface area contributed by atoms with E-state index in [4.69, 9.17) is 4.74 Å². The lowest BCUT2D eigenvalue weighted by Gasteiger charge is -2.11. The normalized spacial score (nSPS) is 11.7. The van der Waals surface area contributed by atoms with Gasteiger partial charge in [0, 0.05) is 16.2 Å². The molecule has 0 atom stereocenters. The van der Waals surface area contributed by atoms with Crippen molar-refractivity contribution in [2.45, 2.75) is 0 Å². The third-order valence-corrected chi connectivity index (χ3v) is 4.65. The number of fused-ring (bicyclic) bond motifs is 8. The molecule has 5 aromatic rings. The molecule has 2 aromatic heterocycles. The van der Waals surface area contributed by atoms with Gasteiger partial charge in [-0.1, -0.05) is 42.5 Å². The van der Waals surface area contributed by atoms with Gasteiger partial charge in [-0.25, -0.2) is 0 Å². The van der Waals surface area contributed by atoms with Gasteiger partial charge in [0.25, 0.3) is 0 Å². The Bertz CT molecular complexity index is 1200. The van der Waals surface area contributed by atoms with Gasteiger partial charge in [0.2, 0.25) is 0 Å². The van der Waals surface area contributed by atoms with Crippen LogP contribution in [0.1, 0.15) is 0 Å².